The first-order chi connectivity index (χ1) is 10.2. The van der Waals surface area contributed by atoms with Crippen LogP contribution < -0.4 is 10.6 Å². The predicted octanol–water partition coefficient (Wildman–Crippen LogP) is 4.22. The average molecular weight is 283 g/mol. The van der Waals surface area contributed by atoms with Gasteiger partial charge in [-0.15, -0.1) is 0 Å². The number of piperidine rings is 1. The van der Waals surface area contributed by atoms with Crippen molar-refractivity contribution in [1.82, 2.24) is 4.98 Å². The number of anilines is 2. The molecule has 1 aliphatic rings. The Kier molecular flexibility index (Phi) is 3.75. The van der Waals surface area contributed by atoms with Crippen LogP contribution in [0.2, 0.25) is 0 Å². The molecule has 21 heavy (non-hydrogen) atoms. The van der Waals surface area contributed by atoms with Gasteiger partial charge < -0.3 is 10.6 Å². The Labute approximate surface area is 127 Å². The van der Waals surface area contributed by atoms with Gasteiger partial charge in [-0.1, -0.05) is 44.9 Å². The number of hydrogen-bond donors (Lipinski definition) is 1. The molecule has 3 nitrogen and oxygen atoms in total. The number of aromatic nitrogens is 1. The summed E-state index contributed by atoms with van der Waals surface area (Å²) in [5, 5.41) is 1.18. The zero-order chi connectivity index (χ0) is 14.9. The molecule has 0 saturated carbocycles. The summed E-state index contributed by atoms with van der Waals surface area (Å²) in [6.45, 7) is 6.85. The minimum absolute atomic E-state index is 0.536. The van der Waals surface area contributed by atoms with Gasteiger partial charge in [0.15, 0.2) is 0 Å². The lowest BCUT2D eigenvalue weighted by atomic mass is 9.74. The predicted molar refractivity (Wildman–Crippen MR) is 90.6 cm³/mol. The van der Waals surface area contributed by atoms with Crippen LogP contribution in [-0.2, 0) is 0 Å². The van der Waals surface area contributed by atoms with Crippen LogP contribution in [0.1, 0.15) is 39.5 Å². The topological polar surface area (TPSA) is 42.1 Å². The monoisotopic (exact) mass is 283 g/mol. The van der Waals surface area contributed by atoms with Crippen LogP contribution in [0.4, 0.5) is 11.4 Å². The van der Waals surface area contributed by atoms with Gasteiger partial charge in [0.2, 0.25) is 0 Å². The summed E-state index contributed by atoms with van der Waals surface area (Å²) in [7, 11) is 0. The van der Waals surface area contributed by atoms with Gasteiger partial charge in [0.25, 0.3) is 0 Å². The maximum atomic E-state index is 6.25. The molecule has 1 aromatic heterocycles. The minimum atomic E-state index is 0.536. The molecule has 0 aliphatic carbocycles. The lowest BCUT2D eigenvalue weighted by molar-refractivity contribution is 0.200. The van der Waals surface area contributed by atoms with Crippen molar-refractivity contribution in [3.05, 3.63) is 30.5 Å². The Balaban J connectivity index is 1.94. The van der Waals surface area contributed by atoms with Crippen molar-refractivity contribution in [2.75, 3.05) is 23.7 Å². The number of para-hydroxylation sites is 1. The van der Waals surface area contributed by atoms with E-state index in [4.69, 9.17) is 5.73 Å². The Bertz CT molecular complexity index is 621. The van der Waals surface area contributed by atoms with Gasteiger partial charge >= 0.3 is 0 Å². The lowest BCUT2D eigenvalue weighted by Crippen LogP contribution is -2.40. The van der Waals surface area contributed by atoms with Crippen LogP contribution >= 0.6 is 0 Å². The number of rotatable bonds is 3. The van der Waals surface area contributed by atoms with Gasteiger partial charge in [-0.3, -0.25) is 4.98 Å². The molecule has 0 radical (unpaired) electrons. The fourth-order valence-corrected chi connectivity index (χ4v) is 3.66. The quantitative estimate of drug-likeness (QED) is 0.917. The molecule has 0 spiro atoms. The van der Waals surface area contributed by atoms with E-state index in [1.165, 1.54) is 36.8 Å². The molecule has 2 heterocycles. The fraction of sp³-hybridized carbons (Fsp3) is 0.500. The Morgan fingerprint density at radius 2 is 1.81 bits per heavy atom. The highest BCUT2D eigenvalue weighted by Gasteiger charge is 2.32. The summed E-state index contributed by atoms with van der Waals surface area (Å²) >= 11 is 0. The highest BCUT2D eigenvalue weighted by atomic mass is 15.1. The van der Waals surface area contributed by atoms with E-state index in [-0.39, 0.29) is 0 Å². The van der Waals surface area contributed by atoms with Crippen LogP contribution in [0.5, 0.6) is 0 Å². The summed E-state index contributed by atoms with van der Waals surface area (Å²) in [6.07, 6.45) is 6.89. The van der Waals surface area contributed by atoms with Gasteiger partial charge in [-0.2, -0.15) is 0 Å². The van der Waals surface area contributed by atoms with Crippen molar-refractivity contribution in [2.45, 2.75) is 39.5 Å². The SMILES string of the molecule is CCC1(CC)CCN(c2c(N)cnc3ccccc23)CC1. The Hall–Kier alpha value is -1.77. The van der Waals surface area contributed by atoms with Gasteiger partial charge in [-0.05, 0) is 24.3 Å². The molecule has 0 unspecified atom stereocenters. The van der Waals surface area contributed by atoms with Crippen molar-refractivity contribution < 1.29 is 0 Å². The molecule has 3 heteroatoms. The van der Waals surface area contributed by atoms with E-state index in [0.717, 1.165) is 24.3 Å². The zero-order valence-corrected chi connectivity index (χ0v) is 13.1. The van der Waals surface area contributed by atoms with Crippen molar-refractivity contribution in [3.8, 4) is 0 Å². The number of fused-ring (bicyclic) bond motifs is 1. The maximum Gasteiger partial charge on any atom is 0.0745 e. The van der Waals surface area contributed by atoms with Gasteiger partial charge in [0.05, 0.1) is 23.1 Å². The van der Waals surface area contributed by atoms with Crippen LogP contribution in [0.25, 0.3) is 10.9 Å². The summed E-state index contributed by atoms with van der Waals surface area (Å²) in [4.78, 5) is 6.91. The van der Waals surface area contributed by atoms with E-state index < -0.39 is 0 Å². The third-order valence-corrected chi connectivity index (χ3v) is 5.42. The molecule has 112 valence electrons. The van der Waals surface area contributed by atoms with E-state index >= 15 is 0 Å². The fourth-order valence-electron chi connectivity index (χ4n) is 3.66. The largest absolute Gasteiger partial charge is 0.396 e. The summed E-state index contributed by atoms with van der Waals surface area (Å²) in [6, 6.07) is 8.30. The smallest absolute Gasteiger partial charge is 0.0745 e. The highest BCUT2D eigenvalue weighted by Crippen LogP contribution is 2.41. The molecule has 0 atom stereocenters. The second-order valence-corrected chi connectivity index (χ2v) is 6.27. The average Bonchev–Trinajstić information content (AvgIpc) is 2.55. The Morgan fingerprint density at radius 3 is 2.48 bits per heavy atom. The van der Waals surface area contributed by atoms with E-state index in [1.807, 2.05) is 6.07 Å². The number of benzene rings is 1. The number of pyridine rings is 1. The number of nitrogens with two attached hydrogens (primary N) is 1. The molecule has 2 aromatic rings. The van der Waals surface area contributed by atoms with Crippen molar-refractivity contribution in [3.63, 3.8) is 0 Å². The van der Waals surface area contributed by atoms with Crippen molar-refractivity contribution in [2.24, 2.45) is 5.41 Å². The van der Waals surface area contributed by atoms with E-state index in [0.29, 0.717) is 5.41 Å². The van der Waals surface area contributed by atoms with E-state index in [2.05, 4.69) is 41.9 Å². The van der Waals surface area contributed by atoms with E-state index in [9.17, 15) is 0 Å². The van der Waals surface area contributed by atoms with Crippen LogP contribution in [0.15, 0.2) is 30.5 Å². The normalized spacial score (nSPS) is 18.1. The molecule has 1 aromatic carbocycles. The first-order valence-electron chi connectivity index (χ1n) is 8.07. The molecule has 0 bridgehead atoms. The van der Waals surface area contributed by atoms with Crippen LogP contribution in [-0.4, -0.2) is 18.1 Å². The summed E-state index contributed by atoms with van der Waals surface area (Å²) in [5.74, 6) is 0. The number of nitrogens with zero attached hydrogens (tertiary/aromatic N) is 2. The van der Waals surface area contributed by atoms with E-state index in [1.54, 1.807) is 6.20 Å². The van der Waals surface area contributed by atoms with Crippen LogP contribution in [0, 0.1) is 5.41 Å². The third-order valence-electron chi connectivity index (χ3n) is 5.42. The molecule has 1 aliphatic heterocycles. The molecule has 1 fully saturated rings. The molecular formula is C18H25N3. The zero-order valence-electron chi connectivity index (χ0n) is 13.1. The second kappa shape index (κ2) is 5.55. The van der Waals surface area contributed by atoms with Crippen molar-refractivity contribution in [1.29, 1.82) is 0 Å². The molecule has 2 N–H and O–H groups in total. The van der Waals surface area contributed by atoms with Gasteiger partial charge in [0.1, 0.15) is 0 Å². The third kappa shape index (κ3) is 2.45. The molecule has 1 saturated heterocycles. The molecule has 3 rings (SSSR count). The number of nitrogen functional groups attached to an aromatic ring is 1. The molecule has 0 amide bonds. The molecular weight excluding hydrogens is 258 g/mol. The van der Waals surface area contributed by atoms with Gasteiger partial charge in [-0.25, -0.2) is 0 Å². The number of hydrogen-bond acceptors (Lipinski definition) is 3. The summed E-state index contributed by atoms with van der Waals surface area (Å²) in [5.41, 5.74) is 9.80. The van der Waals surface area contributed by atoms with Crippen LogP contribution in [0.3, 0.4) is 0 Å². The highest BCUT2D eigenvalue weighted by molar-refractivity contribution is 5.97. The van der Waals surface area contributed by atoms with Gasteiger partial charge in [0, 0.05) is 18.5 Å². The minimum Gasteiger partial charge on any atom is -0.396 e. The standard InChI is InChI=1S/C18H25N3/c1-3-18(4-2)9-11-21(12-10-18)17-14-7-5-6-8-16(14)20-13-15(17)19/h5-8,13H,3-4,9-12,19H2,1-2H3. The lowest BCUT2D eigenvalue weighted by Gasteiger charge is -2.42. The maximum absolute atomic E-state index is 6.25. The first kappa shape index (κ1) is 14.2. The Morgan fingerprint density at radius 1 is 1.14 bits per heavy atom. The first-order valence-corrected chi connectivity index (χ1v) is 8.07. The van der Waals surface area contributed by atoms with Crippen molar-refractivity contribution >= 4 is 22.3 Å². The second-order valence-electron chi connectivity index (χ2n) is 6.27. The summed E-state index contributed by atoms with van der Waals surface area (Å²) < 4.78 is 0.